The molecule has 2 atom stereocenters. The summed E-state index contributed by atoms with van der Waals surface area (Å²) in [6.45, 7) is 1.88. The zero-order chi connectivity index (χ0) is 26.5. The van der Waals surface area contributed by atoms with E-state index in [-0.39, 0.29) is 18.1 Å². The van der Waals surface area contributed by atoms with E-state index in [4.69, 9.17) is 21.2 Å². The van der Waals surface area contributed by atoms with E-state index in [0.717, 1.165) is 80.0 Å². The fourth-order valence-corrected chi connectivity index (χ4v) is 6.79. The Morgan fingerprint density at radius 2 is 1.95 bits per heavy atom. The van der Waals surface area contributed by atoms with Crippen LogP contribution in [-0.2, 0) is 11.2 Å². The minimum absolute atomic E-state index is 0.0478. The third-order valence-electron chi connectivity index (χ3n) is 8.85. The quantitative estimate of drug-likeness (QED) is 0.386. The van der Waals surface area contributed by atoms with E-state index in [1.54, 1.807) is 6.20 Å². The van der Waals surface area contributed by atoms with Gasteiger partial charge in [0.2, 0.25) is 5.91 Å². The number of carbonyl (C=O) groups is 1. The molecule has 8 nitrogen and oxygen atoms in total. The number of amides is 1. The zero-order valence-electron chi connectivity index (χ0n) is 22.0. The van der Waals surface area contributed by atoms with Gasteiger partial charge in [-0.15, -0.1) is 0 Å². The zero-order valence-corrected chi connectivity index (χ0v) is 22.0. The predicted molar refractivity (Wildman–Crippen MR) is 150 cm³/mol. The number of fused-ring (bicyclic) bond motifs is 2. The molecule has 4 N–H and O–H groups in total. The van der Waals surface area contributed by atoms with Crippen LogP contribution in [0.2, 0.25) is 0 Å². The average Bonchev–Trinajstić information content (AvgIpc) is 3.56. The smallest absolute Gasteiger partial charge is 0.234 e. The van der Waals surface area contributed by atoms with Crippen molar-refractivity contribution in [1.82, 2.24) is 19.3 Å². The summed E-state index contributed by atoms with van der Waals surface area (Å²) in [7, 11) is 0. The lowest BCUT2D eigenvalue weighted by atomic mass is 9.74. The van der Waals surface area contributed by atoms with Crippen LogP contribution in [0.1, 0.15) is 61.1 Å². The molecule has 7 rings (SSSR count). The van der Waals surface area contributed by atoms with Gasteiger partial charge in [-0.3, -0.25) is 14.1 Å². The van der Waals surface area contributed by atoms with E-state index in [9.17, 15) is 4.79 Å². The lowest BCUT2D eigenvalue weighted by Crippen LogP contribution is -2.44. The Hall–Kier alpha value is -3.91. The number of nitrogens with two attached hydrogens (primary N) is 2. The summed E-state index contributed by atoms with van der Waals surface area (Å²) in [6.07, 6.45) is 9.69. The Balaban J connectivity index is 1.16. The maximum atomic E-state index is 11.8. The van der Waals surface area contributed by atoms with Gasteiger partial charge in [-0.1, -0.05) is 42.5 Å². The first kappa shape index (κ1) is 24.2. The number of hydrogen-bond donors (Lipinski definition) is 2. The normalized spacial score (nSPS) is 24.7. The van der Waals surface area contributed by atoms with Crippen LogP contribution in [0.15, 0.2) is 60.9 Å². The number of imidazole rings is 1. The highest BCUT2D eigenvalue weighted by Crippen LogP contribution is 2.45. The molecule has 0 spiro atoms. The molecule has 4 aromatic rings. The Morgan fingerprint density at radius 3 is 2.77 bits per heavy atom. The summed E-state index contributed by atoms with van der Waals surface area (Å²) >= 11 is 0. The number of ether oxygens (including phenoxy) is 1. The molecule has 1 saturated carbocycles. The minimum atomic E-state index is -0.195. The van der Waals surface area contributed by atoms with E-state index in [1.165, 1.54) is 11.1 Å². The molecular weight excluding hydrogens is 488 g/mol. The van der Waals surface area contributed by atoms with Crippen LogP contribution in [0.4, 0.5) is 5.82 Å². The monoisotopic (exact) mass is 522 g/mol. The lowest BCUT2D eigenvalue weighted by molar-refractivity contribution is -0.122. The number of nitrogens with zero attached hydrogens (tertiary/aromatic N) is 4. The predicted octanol–water partition coefficient (Wildman–Crippen LogP) is 4.49. The van der Waals surface area contributed by atoms with Gasteiger partial charge in [0.05, 0.1) is 6.04 Å². The van der Waals surface area contributed by atoms with E-state index >= 15 is 0 Å². The van der Waals surface area contributed by atoms with Gasteiger partial charge in [-0.25, -0.2) is 9.97 Å². The van der Waals surface area contributed by atoms with Crippen LogP contribution >= 0.6 is 0 Å². The second kappa shape index (κ2) is 9.68. The van der Waals surface area contributed by atoms with Crippen LogP contribution in [0.5, 0.6) is 5.75 Å². The first-order valence-corrected chi connectivity index (χ1v) is 14.1. The second-order valence-electron chi connectivity index (χ2n) is 11.3. The van der Waals surface area contributed by atoms with Gasteiger partial charge in [0, 0.05) is 30.4 Å². The number of nitrogen functional groups attached to an aromatic ring is 1. The number of aromatic nitrogens is 3. The Labute approximate surface area is 228 Å². The van der Waals surface area contributed by atoms with E-state index in [0.29, 0.717) is 17.7 Å². The molecule has 0 bridgehead atoms. The summed E-state index contributed by atoms with van der Waals surface area (Å²) in [5.74, 6) is 3.10. The van der Waals surface area contributed by atoms with E-state index in [1.807, 2.05) is 12.3 Å². The number of primary amides is 1. The molecule has 2 aromatic heterocycles. The third kappa shape index (κ3) is 4.33. The molecule has 2 aromatic carbocycles. The van der Waals surface area contributed by atoms with Crippen LogP contribution in [0.25, 0.3) is 16.8 Å². The highest BCUT2D eigenvalue weighted by atomic mass is 16.5. The summed E-state index contributed by atoms with van der Waals surface area (Å²) in [4.78, 5) is 23.7. The largest absolute Gasteiger partial charge is 0.485 e. The fraction of sp³-hybridized carbons (Fsp3) is 0.387. The molecule has 0 radical (unpaired) electrons. The van der Waals surface area contributed by atoms with Gasteiger partial charge in [0.25, 0.3) is 0 Å². The molecule has 1 saturated heterocycles. The maximum Gasteiger partial charge on any atom is 0.234 e. The van der Waals surface area contributed by atoms with Crippen molar-refractivity contribution >= 4 is 17.2 Å². The Morgan fingerprint density at radius 1 is 1.10 bits per heavy atom. The Bertz CT molecular complexity index is 1530. The molecule has 0 unspecified atom stereocenters. The molecule has 1 amide bonds. The van der Waals surface area contributed by atoms with E-state index in [2.05, 4.69) is 56.7 Å². The molecule has 3 aliphatic rings. The maximum absolute atomic E-state index is 11.8. The van der Waals surface area contributed by atoms with Crippen LogP contribution in [0, 0.1) is 5.92 Å². The van der Waals surface area contributed by atoms with Gasteiger partial charge in [-0.2, -0.15) is 0 Å². The fourth-order valence-electron chi connectivity index (χ4n) is 6.79. The topological polar surface area (TPSA) is 112 Å². The van der Waals surface area contributed by atoms with Gasteiger partial charge >= 0.3 is 0 Å². The van der Waals surface area contributed by atoms with Crippen molar-refractivity contribution in [3.8, 4) is 17.0 Å². The molecule has 1 aliphatic carbocycles. The molecular formula is C31H34N6O2. The highest BCUT2D eigenvalue weighted by Gasteiger charge is 2.38. The first-order chi connectivity index (χ1) is 19.0. The second-order valence-corrected chi connectivity index (χ2v) is 11.3. The van der Waals surface area contributed by atoms with Crippen molar-refractivity contribution in [2.24, 2.45) is 11.7 Å². The molecule has 2 aliphatic heterocycles. The number of hydrogen-bond acceptors (Lipinski definition) is 6. The van der Waals surface area contributed by atoms with Crippen molar-refractivity contribution < 1.29 is 9.53 Å². The number of likely N-dealkylation sites (tertiary alicyclic amines) is 1. The van der Waals surface area contributed by atoms with Gasteiger partial charge in [0.1, 0.15) is 34.7 Å². The third-order valence-corrected chi connectivity index (χ3v) is 8.85. The summed E-state index contributed by atoms with van der Waals surface area (Å²) in [6, 6.07) is 16.7. The number of carbonyl (C=O) groups excluding carboxylic acids is 1. The van der Waals surface area contributed by atoms with Crippen LogP contribution in [-0.4, -0.2) is 44.3 Å². The van der Waals surface area contributed by atoms with Crippen molar-refractivity contribution in [2.75, 3.05) is 18.8 Å². The van der Waals surface area contributed by atoms with Gasteiger partial charge in [0.15, 0.2) is 0 Å². The molecule has 8 heteroatoms. The van der Waals surface area contributed by atoms with Gasteiger partial charge in [-0.05, 0) is 68.2 Å². The molecule has 39 heavy (non-hydrogen) atoms. The lowest BCUT2D eigenvalue weighted by Gasteiger charge is -2.38. The molecule has 2 fully saturated rings. The summed E-state index contributed by atoms with van der Waals surface area (Å²) in [5.41, 5.74) is 17.2. The van der Waals surface area contributed by atoms with Crippen molar-refractivity contribution in [2.45, 2.75) is 56.6 Å². The van der Waals surface area contributed by atoms with Crippen molar-refractivity contribution in [1.29, 1.82) is 0 Å². The standard InChI is InChI=1S/C31H34N6O2/c32-29-28-27(22-9-8-21-10-11-25(39-26(21)17-22)20-5-2-1-3-6-20)35-31(37(28)14-12-34-29)23-15-19(16-23)18-36-13-4-7-24(36)30(33)38/h1-3,5-6,8-9,12,14,17,19,23-25H,4,7,10-11,13,15-16,18H2,(H2,32,34)(H2,33,38)/t19?,23?,24-,25-/m0/s1. The van der Waals surface area contributed by atoms with Gasteiger partial charge < -0.3 is 16.2 Å². The summed E-state index contributed by atoms with van der Waals surface area (Å²) in [5, 5.41) is 0. The molecule has 4 heterocycles. The average molecular weight is 523 g/mol. The number of rotatable bonds is 6. The number of anilines is 1. The molecule has 200 valence electrons. The summed E-state index contributed by atoms with van der Waals surface area (Å²) < 4.78 is 8.61. The van der Waals surface area contributed by atoms with Crippen molar-refractivity contribution in [3.05, 3.63) is 77.9 Å². The number of aryl methyl sites for hydroxylation is 1. The number of benzene rings is 2. The van der Waals surface area contributed by atoms with Crippen LogP contribution < -0.4 is 16.2 Å². The SMILES string of the molecule is NC(=O)[C@@H]1CCCN1CC1CC(c2nc(-c3ccc4c(c3)O[C@H](c3ccccc3)CC4)c3c(N)nccn23)C1. The first-order valence-electron chi connectivity index (χ1n) is 14.1. The van der Waals surface area contributed by atoms with Crippen LogP contribution in [0.3, 0.4) is 0 Å². The van der Waals surface area contributed by atoms with E-state index < -0.39 is 0 Å². The highest BCUT2D eigenvalue weighted by molar-refractivity contribution is 5.86. The minimum Gasteiger partial charge on any atom is -0.485 e. The Kier molecular flexibility index (Phi) is 6.00. The van der Waals surface area contributed by atoms with Crippen molar-refractivity contribution in [3.63, 3.8) is 0 Å².